The highest BCUT2D eigenvalue weighted by atomic mass is 35.5. The van der Waals surface area contributed by atoms with Crippen LogP contribution in [0.1, 0.15) is 49.0 Å². The molecule has 1 fully saturated rings. The van der Waals surface area contributed by atoms with E-state index in [0.717, 1.165) is 33.1 Å². The first kappa shape index (κ1) is 14.0. The maximum atomic E-state index is 12.4. The van der Waals surface area contributed by atoms with Gasteiger partial charge in [-0.15, -0.1) is 11.3 Å². The number of carbonyl (C=O) groups excluding carboxylic acids is 1. The monoisotopic (exact) mass is 310 g/mol. The number of nitrogens with zero attached hydrogens (tertiary/aromatic N) is 1. The number of rotatable bonds is 2. The van der Waals surface area contributed by atoms with Gasteiger partial charge in [0.15, 0.2) is 0 Å². The number of aromatic nitrogens is 1. The van der Waals surface area contributed by atoms with Gasteiger partial charge in [-0.25, -0.2) is 0 Å². The number of hydrogen-bond donors (Lipinski definition) is 1. The molecule has 2 aromatic rings. The molecule has 1 saturated carbocycles. The SMILES string of the molecule is Cn1c(C(=O)NC2CCCCCC2)cc2sc(Cl)cc21. The minimum Gasteiger partial charge on any atom is -0.348 e. The van der Waals surface area contributed by atoms with Crippen molar-refractivity contribution in [3.63, 3.8) is 0 Å². The van der Waals surface area contributed by atoms with Gasteiger partial charge in [-0.1, -0.05) is 37.3 Å². The predicted octanol–water partition coefficient (Wildman–Crippen LogP) is 4.35. The normalized spacial score (nSPS) is 17.3. The first-order chi connectivity index (χ1) is 9.65. The maximum Gasteiger partial charge on any atom is 0.268 e. The Balaban J connectivity index is 1.77. The number of fused-ring (bicyclic) bond motifs is 1. The average Bonchev–Trinajstić information content (AvgIpc) is 2.78. The molecule has 2 heterocycles. The van der Waals surface area contributed by atoms with Gasteiger partial charge < -0.3 is 9.88 Å². The highest BCUT2D eigenvalue weighted by molar-refractivity contribution is 7.22. The lowest BCUT2D eigenvalue weighted by Crippen LogP contribution is -2.35. The Hall–Kier alpha value is -1.00. The molecule has 0 aromatic carbocycles. The van der Waals surface area contributed by atoms with Gasteiger partial charge in [0.05, 0.1) is 14.6 Å². The number of amides is 1. The second-order valence-electron chi connectivity index (χ2n) is 5.55. The molecule has 1 N–H and O–H groups in total. The Labute approximate surface area is 127 Å². The van der Waals surface area contributed by atoms with Crippen LogP contribution >= 0.6 is 22.9 Å². The summed E-state index contributed by atoms with van der Waals surface area (Å²) in [6.45, 7) is 0. The number of carbonyl (C=O) groups is 1. The Morgan fingerprint density at radius 3 is 2.65 bits per heavy atom. The second kappa shape index (κ2) is 5.78. The number of hydrogen-bond acceptors (Lipinski definition) is 2. The first-order valence-electron chi connectivity index (χ1n) is 7.21. The van der Waals surface area contributed by atoms with Crippen molar-refractivity contribution in [2.24, 2.45) is 7.05 Å². The van der Waals surface area contributed by atoms with E-state index in [4.69, 9.17) is 11.6 Å². The van der Waals surface area contributed by atoms with E-state index in [-0.39, 0.29) is 5.91 Å². The van der Waals surface area contributed by atoms with Crippen LogP contribution in [0, 0.1) is 0 Å². The number of thiophene rings is 1. The molecule has 0 spiro atoms. The van der Waals surface area contributed by atoms with Gasteiger partial charge in [0, 0.05) is 13.1 Å². The summed E-state index contributed by atoms with van der Waals surface area (Å²) in [5.41, 5.74) is 1.76. The van der Waals surface area contributed by atoms with E-state index in [0.29, 0.717) is 6.04 Å². The molecule has 108 valence electrons. The Bertz CT molecular complexity index is 623. The zero-order chi connectivity index (χ0) is 14.1. The molecule has 1 amide bonds. The number of nitrogens with one attached hydrogen (secondary N) is 1. The third-order valence-corrected chi connectivity index (χ3v) is 5.32. The molecule has 0 aliphatic heterocycles. The van der Waals surface area contributed by atoms with Crippen LogP contribution in [0.5, 0.6) is 0 Å². The molecule has 3 rings (SSSR count). The van der Waals surface area contributed by atoms with Crippen LogP contribution in [-0.2, 0) is 7.05 Å². The highest BCUT2D eigenvalue weighted by Crippen LogP contribution is 2.31. The molecule has 1 aliphatic rings. The maximum absolute atomic E-state index is 12.4. The summed E-state index contributed by atoms with van der Waals surface area (Å²) in [5, 5.41) is 3.19. The molecule has 20 heavy (non-hydrogen) atoms. The van der Waals surface area contributed by atoms with Crippen LogP contribution in [-0.4, -0.2) is 16.5 Å². The van der Waals surface area contributed by atoms with Crippen molar-refractivity contribution in [3.8, 4) is 0 Å². The van der Waals surface area contributed by atoms with Crippen LogP contribution in [0.3, 0.4) is 0 Å². The van der Waals surface area contributed by atoms with Crippen LogP contribution in [0.4, 0.5) is 0 Å². The second-order valence-corrected chi connectivity index (χ2v) is 7.27. The summed E-state index contributed by atoms with van der Waals surface area (Å²) < 4.78 is 3.77. The van der Waals surface area contributed by atoms with E-state index < -0.39 is 0 Å². The summed E-state index contributed by atoms with van der Waals surface area (Å²) in [5.74, 6) is 0.0407. The summed E-state index contributed by atoms with van der Waals surface area (Å²) in [6, 6.07) is 4.20. The van der Waals surface area contributed by atoms with Crippen molar-refractivity contribution in [2.75, 3.05) is 0 Å². The van der Waals surface area contributed by atoms with E-state index in [1.54, 1.807) is 0 Å². The van der Waals surface area contributed by atoms with Crippen molar-refractivity contribution >= 4 is 39.1 Å². The Morgan fingerprint density at radius 1 is 1.30 bits per heavy atom. The van der Waals surface area contributed by atoms with Gasteiger partial charge in [0.2, 0.25) is 0 Å². The van der Waals surface area contributed by atoms with Crippen LogP contribution < -0.4 is 5.32 Å². The van der Waals surface area contributed by atoms with Crippen molar-refractivity contribution in [2.45, 2.75) is 44.6 Å². The fraction of sp³-hybridized carbons (Fsp3) is 0.533. The summed E-state index contributed by atoms with van der Waals surface area (Å²) in [6.07, 6.45) is 7.26. The zero-order valence-corrected chi connectivity index (χ0v) is 13.2. The van der Waals surface area contributed by atoms with Gasteiger partial charge in [-0.3, -0.25) is 4.79 Å². The summed E-state index contributed by atoms with van der Waals surface area (Å²) >= 11 is 7.53. The van der Waals surface area contributed by atoms with Gasteiger partial charge >= 0.3 is 0 Å². The third kappa shape index (κ3) is 2.72. The number of halogens is 1. The van der Waals surface area contributed by atoms with Gasteiger partial charge in [-0.2, -0.15) is 0 Å². The van der Waals surface area contributed by atoms with E-state index in [9.17, 15) is 4.79 Å². The number of aryl methyl sites for hydroxylation is 1. The molecular formula is C15H19ClN2OS. The van der Waals surface area contributed by atoms with Crippen LogP contribution in [0.25, 0.3) is 10.2 Å². The fourth-order valence-corrected chi connectivity index (χ4v) is 4.19. The predicted molar refractivity (Wildman–Crippen MR) is 84.8 cm³/mol. The van der Waals surface area contributed by atoms with Crippen molar-refractivity contribution in [1.29, 1.82) is 0 Å². The minimum atomic E-state index is 0.0407. The lowest BCUT2D eigenvalue weighted by molar-refractivity contribution is 0.0925. The molecule has 1 aliphatic carbocycles. The van der Waals surface area contributed by atoms with E-state index in [1.807, 2.05) is 23.7 Å². The lowest BCUT2D eigenvalue weighted by atomic mass is 10.1. The third-order valence-electron chi connectivity index (χ3n) is 4.12. The summed E-state index contributed by atoms with van der Waals surface area (Å²) in [7, 11) is 1.92. The molecule has 5 heteroatoms. The van der Waals surface area contributed by atoms with E-state index in [1.165, 1.54) is 37.0 Å². The molecule has 2 aromatic heterocycles. The molecule has 3 nitrogen and oxygen atoms in total. The molecule has 0 saturated heterocycles. The molecule has 0 bridgehead atoms. The smallest absolute Gasteiger partial charge is 0.268 e. The lowest BCUT2D eigenvalue weighted by Gasteiger charge is -2.16. The van der Waals surface area contributed by atoms with Crippen molar-refractivity contribution in [1.82, 2.24) is 9.88 Å². The Kier molecular flexibility index (Phi) is 4.03. The first-order valence-corrected chi connectivity index (χ1v) is 8.40. The quantitative estimate of drug-likeness (QED) is 0.822. The van der Waals surface area contributed by atoms with Gasteiger partial charge in [-0.05, 0) is 25.0 Å². The molecule has 0 radical (unpaired) electrons. The summed E-state index contributed by atoms with van der Waals surface area (Å²) in [4.78, 5) is 12.4. The zero-order valence-electron chi connectivity index (χ0n) is 11.6. The average molecular weight is 311 g/mol. The van der Waals surface area contributed by atoms with Gasteiger partial charge in [0.1, 0.15) is 5.69 Å². The molecular weight excluding hydrogens is 292 g/mol. The van der Waals surface area contributed by atoms with E-state index >= 15 is 0 Å². The van der Waals surface area contributed by atoms with Gasteiger partial charge in [0.25, 0.3) is 5.91 Å². The van der Waals surface area contributed by atoms with Crippen molar-refractivity contribution < 1.29 is 4.79 Å². The largest absolute Gasteiger partial charge is 0.348 e. The fourth-order valence-electron chi connectivity index (χ4n) is 2.98. The van der Waals surface area contributed by atoms with E-state index in [2.05, 4.69) is 5.32 Å². The molecule has 0 atom stereocenters. The highest BCUT2D eigenvalue weighted by Gasteiger charge is 2.19. The Morgan fingerprint density at radius 2 is 2.00 bits per heavy atom. The van der Waals surface area contributed by atoms with Crippen molar-refractivity contribution in [3.05, 3.63) is 22.2 Å². The molecule has 0 unspecified atom stereocenters. The minimum absolute atomic E-state index is 0.0407. The van der Waals surface area contributed by atoms with Crippen LogP contribution in [0.15, 0.2) is 12.1 Å². The topological polar surface area (TPSA) is 34.0 Å². The van der Waals surface area contributed by atoms with Crippen LogP contribution in [0.2, 0.25) is 4.34 Å². The standard InChI is InChI=1S/C15H19ClN2OS/c1-18-11-9-14(16)20-13(11)8-12(18)15(19)17-10-6-4-2-3-5-7-10/h8-10H,2-7H2,1H3,(H,17,19).